The summed E-state index contributed by atoms with van der Waals surface area (Å²) in [5.74, 6) is -12.2. The van der Waals surface area contributed by atoms with Crippen molar-refractivity contribution in [3.8, 4) is 5.75 Å². The lowest BCUT2D eigenvalue weighted by Crippen LogP contribution is -2.44. The molecule has 0 aromatic heterocycles. The van der Waals surface area contributed by atoms with E-state index in [9.17, 15) is 34.8 Å². The summed E-state index contributed by atoms with van der Waals surface area (Å²) >= 11 is 0. The van der Waals surface area contributed by atoms with Crippen molar-refractivity contribution in [3.05, 3.63) is 59.2 Å². The van der Waals surface area contributed by atoms with E-state index in [0.717, 1.165) is 31.2 Å². The zero-order valence-corrected chi connectivity index (χ0v) is 14.8. The molecule has 0 aliphatic rings. The van der Waals surface area contributed by atoms with E-state index in [2.05, 4.69) is 4.18 Å². The molecule has 3 nitrogen and oxygen atoms in total. The van der Waals surface area contributed by atoms with Crippen LogP contribution in [-0.4, -0.2) is 20.8 Å². The van der Waals surface area contributed by atoms with Crippen molar-refractivity contribution in [2.75, 3.05) is 0 Å². The fourth-order valence-corrected chi connectivity index (χ4v) is 3.20. The van der Waals surface area contributed by atoms with Gasteiger partial charge in [-0.15, -0.1) is 0 Å². The van der Waals surface area contributed by atoms with E-state index in [1.807, 2.05) is 0 Å². The van der Waals surface area contributed by atoms with Gasteiger partial charge in [0, 0.05) is 0 Å². The molecule has 0 unspecified atom stereocenters. The van der Waals surface area contributed by atoms with Crippen molar-refractivity contribution in [2.45, 2.75) is 37.0 Å². The Morgan fingerprint density at radius 2 is 1.48 bits per heavy atom. The zero-order chi connectivity index (χ0) is 20.6. The van der Waals surface area contributed by atoms with Gasteiger partial charge in [-0.05, 0) is 37.6 Å². The molecule has 0 heterocycles. The van der Waals surface area contributed by atoms with Crippen molar-refractivity contribution < 1.29 is 38.9 Å². The van der Waals surface area contributed by atoms with E-state index in [0.29, 0.717) is 11.6 Å². The van der Waals surface area contributed by atoms with Gasteiger partial charge in [0.25, 0.3) is 0 Å². The number of benzene rings is 2. The number of para-hydroxylation sites is 1. The van der Waals surface area contributed by atoms with Crippen LogP contribution in [0.3, 0.4) is 0 Å². The largest absolute Gasteiger partial charge is 0.378 e. The lowest BCUT2D eigenvalue weighted by atomic mass is 9.99. The highest BCUT2D eigenvalue weighted by Crippen LogP contribution is 2.50. The fourth-order valence-electron chi connectivity index (χ4n) is 2.19. The van der Waals surface area contributed by atoms with Crippen LogP contribution in [0.1, 0.15) is 16.7 Å². The summed E-state index contributed by atoms with van der Waals surface area (Å²) in [6.45, 7) is 2.80. The first kappa shape index (κ1) is 21.1. The summed E-state index contributed by atoms with van der Waals surface area (Å²) in [5, 5.41) is 0. The summed E-state index contributed by atoms with van der Waals surface area (Å²) in [4.78, 5) is -0.411. The van der Waals surface area contributed by atoms with E-state index < -0.39 is 44.6 Å². The highest BCUT2D eigenvalue weighted by molar-refractivity contribution is 7.87. The molecule has 10 heteroatoms. The maximum atomic E-state index is 14.2. The van der Waals surface area contributed by atoms with Gasteiger partial charge >= 0.3 is 28.4 Å². The quantitative estimate of drug-likeness (QED) is 0.492. The summed E-state index contributed by atoms with van der Waals surface area (Å²) in [5.41, 5.74) is -1.19. The average Bonchev–Trinajstić information content (AvgIpc) is 2.56. The number of rotatable bonds is 6. The smallest absolute Gasteiger partial charge is 0.373 e. The molecule has 0 fully saturated rings. The monoisotopic (exact) mass is 412 g/mol. The minimum Gasteiger partial charge on any atom is -0.378 e. The topological polar surface area (TPSA) is 43.4 Å². The molecule has 0 saturated carbocycles. The van der Waals surface area contributed by atoms with Gasteiger partial charge in [0.2, 0.25) is 0 Å². The maximum Gasteiger partial charge on any atom is 0.373 e. The third-order valence-corrected chi connectivity index (χ3v) is 4.98. The first-order valence-corrected chi connectivity index (χ1v) is 8.86. The lowest BCUT2D eigenvalue weighted by Gasteiger charge is -2.27. The Morgan fingerprint density at radius 1 is 0.926 bits per heavy atom. The summed E-state index contributed by atoms with van der Waals surface area (Å²) in [6, 6.07) is 7.54. The van der Waals surface area contributed by atoms with Gasteiger partial charge in [-0.25, -0.2) is 8.78 Å². The van der Waals surface area contributed by atoms with Crippen molar-refractivity contribution in [3.63, 3.8) is 0 Å². The van der Waals surface area contributed by atoms with Crippen LogP contribution < -0.4 is 4.18 Å². The Balaban J connectivity index is 2.58. The number of alkyl halides is 6. The van der Waals surface area contributed by atoms with Gasteiger partial charge in [0.05, 0.1) is 5.56 Å². The van der Waals surface area contributed by atoms with Crippen LogP contribution in [0.2, 0.25) is 0 Å². The fraction of sp³-hybridized carbons (Fsp3) is 0.294. The maximum absolute atomic E-state index is 14.2. The number of hydrogen-bond donors (Lipinski definition) is 0. The van der Waals surface area contributed by atoms with Gasteiger partial charge in [0.15, 0.2) is 5.75 Å². The van der Waals surface area contributed by atoms with Crippen LogP contribution in [0.5, 0.6) is 5.75 Å². The number of hydrogen-bond acceptors (Lipinski definition) is 3. The summed E-state index contributed by atoms with van der Waals surface area (Å²) in [7, 11) is -4.67. The number of aryl methyl sites for hydroxylation is 2. The normalized spacial score (nSPS) is 13.1. The van der Waals surface area contributed by atoms with Crippen molar-refractivity contribution in [2.24, 2.45) is 0 Å². The zero-order valence-electron chi connectivity index (χ0n) is 14.0. The van der Waals surface area contributed by atoms with Gasteiger partial charge in [0.1, 0.15) is 4.90 Å². The molecule has 2 rings (SSSR count). The molecule has 0 N–H and O–H groups in total. The number of halogens is 6. The minimum atomic E-state index is -5.73. The highest BCUT2D eigenvalue weighted by atomic mass is 32.2. The predicted octanol–water partition coefficient (Wildman–Crippen LogP) is 5.06. The SMILES string of the molecule is Cc1ccc(S(=O)(=O)Oc2c(C)cccc2C(F)(F)C(F)(F)C(F)F)cc1. The van der Waals surface area contributed by atoms with Crippen LogP contribution in [0.15, 0.2) is 47.4 Å². The molecule has 0 bridgehead atoms. The third-order valence-electron chi connectivity index (χ3n) is 3.75. The van der Waals surface area contributed by atoms with Crippen molar-refractivity contribution >= 4 is 10.1 Å². The van der Waals surface area contributed by atoms with Gasteiger partial charge in [-0.3, -0.25) is 0 Å². The Kier molecular flexibility index (Phi) is 5.51. The van der Waals surface area contributed by atoms with Gasteiger partial charge in [-0.2, -0.15) is 26.0 Å². The van der Waals surface area contributed by atoms with E-state index in [-0.39, 0.29) is 5.56 Å². The molecule has 2 aromatic rings. The molecule has 2 aromatic carbocycles. The molecule has 148 valence electrons. The van der Waals surface area contributed by atoms with Crippen molar-refractivity contribution in [1.82, 2.24) is 0 Å². The first-order chi connectivity index (χ1) is 12.3. The Labute approximate surface area is 151 Å². The predicted molar refractivity (Wildman–Crippen MR) is 85.0 cm³/mol. The minimum absolute atomic E-state index is 0.243. The van der Waals surface area contributed by atoms with Crippen LogP contribution in [-0.2, 0) is 16.0 Å². The molecule has 27 heavy (non-hydrogen) atoms. The van der Waals surface area contributed by atoms with Gasteiger partial charge < -0.3 is 4.18 Å². The van der Waals surface area contributed by atoms with E-state index in [1.54, 1.807) is 6.92 Å². The Morgan fingerprint density at radius 3 is 2.00 bits per heavy atom. The molecule has 0 aliphatic heterocycles. The molecular weight excluding hydrogens is 398 g/mol. The standard InChI is InChI=1S/C17H14F6O3S/c1-10-6-8-12(9-7-10)27(24,25)26-14-11(2)4-3-5-13(14)16(20,21)17(22,23)15(18)19/h3-9,15H,1-2H3. The van der Waals surface area contributed by atoms with Crippen LogP contribution in [0.25, 0.3) is 0 Å². The lowest BCUT2D eigenvalue weighted by molar-refractivity contribution is -0.270. The van der Waals surface area contributed by atoms with E-state index >= 15 is 0 Å². The van der Waals surface area contributed by atoms with Gasteiger partial charge in [-0.1, -0.05) is 29.8 Å². The van der Waals surface area contributed by atoms with Crippen LogP contribution >= 0.6 is 0 Å². The molecule has 0 atom stereocenters. The highest BCUT2D eigenvalue weighted by Gasteiger charge is 2.65. The molecule has 0 radical (unpaired) electrons. The van der Waals surface area contributed by atoms with Crippen molar-refractivity contribution in [1.29, 1.82) is 0 Å². The summed E-state index contributed by atoms with van der Waals surface area (Å²) < 4.78 is 109. The van der Waals surface area contributed by atoms with Crippen LogP contribution in [0, 0.1) is 13.8 Å². The average molecular weight is 412 g/mol. The first-order valence-electron chi connectivity index (χ1n) is 7.45. The second kappa shape index (κ2) is 7.06. The molecular formula is C17H14F6O3S. The van der Waals surface area contributed by atoms with Crippen LogP contribution in [0.4, 0.5) is 26.3 Å². The van der Waals surface area contributed by atoms with E-state index in [1.165, 1.54) is 12.1 Å². The second-order valence-corrected chi connectivity index (χ2v) is 7.35. The molecule has 0 saturated heterocycles. The summed E-state index contributed by atoms with van der Waals surface area (Å²) in [6.07, 6.45) is -4.67. The molecule has 0 spiro atoms. The molecule has 0 aliphatic carbocycles. The third kappa shape index (κ3) is 3.90. The molecule has 0 amide bonds. The van der Waals surface area contributed by atoms with E-state index in [4.69, 9.17) is 0 Å². The Hall–Kier alpha value is -2.23. The Bertz CT molecular complexity index is 924. The second-order valence-electron chi connectivity index (χ2n) is 5.80.